The number of carboxylic acid groups (broad SMARTS) is 1. The summed E-state index contributed by atoms with van der Waals surface area (Å²) < 4.78 is 0. The molecule has 0 saturated heterocycles. The average molecular weight is 311 g/mol. The van der Waals surface area contributed by atoms with Crippen molar-refractivity contribution in [1.29, 1.82) is 0 Å². The van der Waals surface area contributed by atoms with E-state index in [0.29, 0.717) is 12.0 Å². The van der Waals surface area contributed by atoms with Gasteiger partial charge in [-0.05, 0) is 36.5 Å². The first-order valence-electron chi connectivity index (χ1n) is 7.75. The lowest BCUT2D eigenvalue weighted by molar-refractivity contribution is -0.139. The number of hydrogen-bond donors (Lipinski definition) is 2. The van der Waals surface area contributed by atoms with Crippen LogP contribution in [-0.4, -0.2) is 23.0 Å². The fourth-order valence-corrected chi connectivity index (χ4v) is 2.60. The predicted octanol–water partition coefficient (Wildman–Crippen LogP) is 3.45. The van der Waals surface area contributed by atoms with E-state index < -0.39 is 12.0 Å². The lowest BCUT2D eigenvalue weighted by Crippen LogP contribution is -2.41. The molecule has 0 aliphatic rings. The van der Waals surface area contributed by atoms with Crippen LogP contribution in [0.15, 0.2) is 60.7 Å². The minimum absolute atomic E-state index is 0.0911. The van der Waals surface area contributed by atoms with Crippen LogP contribution in [0.5, 0.6) is 0 Å². The van der Waals surface area contributed by atoms with Crippen LogP contribution in [0.1, 0.15) is 41.6 Å². The Bertz CT molecular complexity index is 640. The summed E-state index contributed by atoms with van der Waals surface area (Å²) in [5.41, 5.74) is 1.56. The summed E-state index contributed by atoms with van der Waals surface area (Å²) in [6.45, 7) is 2.02. The van der Waals surface area contributed by atoms with Gasteiger partial charge >= 0.3 is 5.97 Å². The number of hydrogen-bond acceptors (Lipinski definition) is 2. The first-order chi connectivity index (χ1) is 11.1. The molecule has 2 aromatic carbocycles. The van der Waals surface area contributed by atoms with Crippen LogP contribution in [-0.2, 0) is 4.79 Å². The lowest BCUT2D eigenvalue weighted by Gasteiger charge is -2.21. The molecule has 0 aromatic heterocycles. The van der Waals surface area contributed by atoms with E-state index in [1.807, 2.05) is 43.3 Å². The second-order valence-electron chi connectivity index (χ2n) is 5.48. The van der Waals surface area contributed by atoms with Gasteiger partial charge in [-0.3, -0.25) is 4.79 Å². The number of amides is 1. The van der Waals surface area contributed by atoms with Gasteiger partial charge in [-0.1, -0.05) is 55.5 Å². The average Bonchev–Trinajstić information content (AvgIpc) is 2.59. The minimum Gasteiger partial charge on any atom is -0.480 e. The molecule has 2 N–H and O–H groups in total. The number of carbonyl (C=O) groups is 2. The van der Waals surface area contributed by atoms with Crippen LogP contribution >= 0.6 is 0 Å². The molecular weight excluding hydrogens is 290 g/mol. The van der Waals surface area contributed by atoms with Crippen molar-refractivity contribution in [2.45, 2.75) is 31.7 Å². The molecule has 0 saturated carbocycles. The number of rotatable bonds is 7. The number of carboxylic acids is 1. The minimum atomic E-state index is -1.01. The van der Waals surface area contributed by atoms with Crippen molar-refractivity contribution in [3.8, 4) is 0 Å². The van der Waals surface area contributed by atoms with Crippen LogP contribution in [0, 0.1) is 0 Å². The zero-order chi connectivity index (χ0) is 16.7. The highest BCUT2D eigenvalue weighted by molar-refractivity contribution is 5.96. The van der Waals surface area contributed by atoms with Gasteiger partial charge in [-0.2, -0.15) is 0 Å². The SMILES string of the molecule is CCC(CC(NC(=O)c1ccccc1)C(=O)O)c1ccccc1. The molecule has 4 heteroatoms. The van der Waals surface area contributed by atoms with Crippen molar-refractivity contribution >= 4 is 11.9 Å². The van der Waals surface area contributed by atoms with Crippen molar-refractivity contribution in [3.63, 3.8) is 0 Å². The summed E-state index contributed by atoms with van der Waals surface area (Å²) in [6.07, 6.45) is 1.18. The summed E-state index contributed by atoms with van der Waals surface area (Å²) >= 11 is 0. The van der Waals surface area contributed by atoms with E-state index in [2.05, 4.69) is 5.32 Å². The van der Waals surface area contributed by atoms with E-state index in [1.165, 1.54) is 0 Å². The molecule has 2 unspecified atom stereocenters. The smallest absolute Gasteiger partial charge is 0.326 e. The highest BCUT2D eigenvalue weighted by Gasteiger charge is 2.24. The van der Waals surface area contributed by atoms with E-state index in [4.69, 9.17) is 0 Å². The van der Waals surface area contributed by atoms with Gasteiger partial charge in [0.25, 0.3) is 5.91 Å². The van der Waals surface area contributed by atoms with E-state index in [-0.39, 0.29) is 11.8 Å². The van der Waals surface area contributed by atoms with Crippen LogP contribution in [0.2, 0.25) is 0 Å². The largest absolute Gasteiger partial charge is 0.480 e. The Morgan fingerprint density at radius 2 is 1.57 bits per heavy atom. The van der Waals surface area contributed by atoms with Gasteiger partial charge < -0.3 is 10.4 Å². The number of aliphatic carboxylic acids is 1. The van der Waals surface area contributed by atoms with E-state index >= 15 is 0 Å². The van der Waals surface area contributed by atoms with Gasteiger partial charge in [0.1, 0.15) is 6.04 Å². The zero-order valence-corrected chi connectivity index (χ0v) is 13.1. The Morgan fingerprint density at radius 1 is 1.00 bits per heavy atom. The molecule has 0 radical (unpaired) electrons. The second-order valence-corrected chi connectivity index (χ2v) is 5.48. The molecule has 0 fully saturated rings. The molecule has 1 amide bonds. The van der Waals surface area contributed by atoms with Gasteiger partial charge in [0.2, 0.25) is 0 Å². The van der Waals surface area contributed by atoms with Gasteiger partial charge in [0.05, 0.1) is 0 Å². The topological polar surface area (TPSA) is 66.4 Å². The molecule has 2 rings (SSSR count). The fraction of sp³-hybridized carbons (Fsp3) is 0.263. The van der Waals surface area contributed by atoms with Gasteiger partial charge in [-0.15, -0.1) is 0 Å². The first kappa shape index (κ1) is 16.7. The maximum atomic E-state index is 12.2. The van der Waals surface area contributed by atoms with Crippen molar-refractivity contribution in [1.82, 2.24) is 5.32 Å². The molecule has 2 aromatic rings. The summed E-state index contributed by atoms with van der Waals surface area (Å²) in [5.74, 6) is -1.28. The zero-order valence-electron chi connectivity index (χ0n) is 13.1. The molecule has 0 bridgehead atoms. The van der Waals surface area contributed by atoms with E-state index in [1.54, 1.807) is 24.3 Å². The van der Waals surface area contributed by atoms with Gasteiger partial charge in [0.15, 0.2) is 0 Å². The molecule has 0 aliphatic carbocycles. The van der Waals surface area contributed by atoms with Crippen LogP contribution in [0.3, 0.4) is 0 Å². The predicted molar refractivity (Wildman–Crippen MR) is 89.4 cm³/mol. The van der Waals surface area contributed by atoms with Crippen molar-refractivity contribution < 1.29 is 14.7 Å². The summed E-state index contributed by atoms with van der Waals surface area (Å²) in [4.78, 5) is 23.7. The Kier molecular flexibility index (Phi) is 5.92. The Morgan fingerprint density at radius 3 is 2.09 bits per heavy atom. The Hall–Kier alpha value is -2.62. The highest BCUT2D eigenvalue weighted by Crippen LogP contribution is 2.24. The van der Waals surface area contributed by atoms with Crippen LogP contribution in [0.25, 0.3) is 0 Å². The quantitative estimate of drug-likeness (QED) is 0.823. The molecule has 4 nitrogen and oxygen atoms in total. The highest BCUT2D eigenvalue weighted by atomic mass is 16.4. The number of carbonyl (C=O) groups excluding carboxylic acids is 1. The Balaban J connectivity index is 2.09. The summed E-state index contributed by atoms with van der Waals surface area (Å²) in [5, 5.41) is 12.1. The lowest BCUT2D eigenvalue weighted by atomic mass is 9.90. The van der Waals surface area contributed by atoms with Crippen LogP contribution in [0.4, 0.5) is 0 Å². The fourth-order valence-electron chi connectivity index (χ4n) is 2.60. The molecule has 120 valence electrons. The van der Waals surface area contributed by atoms with E-state index in [0.717, 1.165) is 12.0 Å². The maximum Gasteiger partial charge on any atom is 0.326 e. The third-order valence-corrected chi connectivity index (χ3v) is 3.92. The van der Waals surface area contributed by atoms with Crippen molar-refractivity contribution in [2.24, 2.45) is 0 Å². The standard InChI is InChI=1S/C19H21NO3/c1-2-14(15-9-5-3-6-10-15)13-17(19(22)23)20-18(21)16-11-7-4-8-12-16/h3-12,14,17H,2,13H2,1H3,(H,20,21)(H,22,23). The third-order valence-electron chi connectivity index (χ3n) is 3.92. The number of nitrogens with one attached hydrogen (secondary N) is 1. The van der Waals surface area contributed by atoms with E-state index in [9.17, 15) is 14.7 Å². The van der Waals surface area contributed by atoms with Gasteiger partial charge in [0, 0.05) is 5.56 Å². The number of benzene rings is 2. The van der Waals surface area contributed by atoms with Crippen molar-refractivity contribution in [3.05, 3.63) is 71.8 Å². The summed E-state index contributed by atoms with van der Waals surface area (Å²) in [6, 6.07) is 17.5. The first-order valence-corrected chi connectivity index (χ1v) is 7.75. The summed E-state index contributed by atoms with van der Waals surface area (Å²) in [7, 11) is 0. The molecule has 23 heavy (non-hydrogen) atoms. The normalized spacial score (nSPS) is 13.1. The monoisotopic (exact) mass is 311 g/mol. The molecule has 0 aliphatic heterocycles. The van der Waals surface area contributed by atoms with Crippen molar-refractivity contribution in [2.75, 3.05) is 0 Å². The molecule has 2 atom stereocenters. The molecular formula is C19H21NO3. The Labute approximate surface area is 136 Å². The molecule has 0 heterocycles. The molecule has 0 spiro atoms. The second kappa shape index (κ2) is 8.13. The van der Waals surface area contributed by atoms with Gasteiger partial charge in [-0.25, -0.2) is 4.79 Å². The van der Waals surface area contributed by atoms with Crippen LogP contribution < -0.4 is 5.32 Å². The third kappa shape index (κ3) is 4.68. The maximum absolute atomic E-state index is 12.2.